The summed E-state index contributed by atoms with van der Waals surface area (Å²) in [6.07, 6.45) is 4.51. The molecule has 1 heterocycles. The molecule has 0 bridgehead atoms. The molecule has 1 fully saturated rings. The Balaban J connectivity index is 2.00. The van der Waals surface area contributed by atoms with E-state index in [1.54, 1.807) is 0 Å². The third-order valence-electron chi connectivity index (χ3n) is 2.04. The molecule has 0 aromatic heterocycles. The molecule has 1 atom stereocenters. The molecule has 0 aliphatic carbocycles. The average molecular weight is 156 g/mol. The molecule has 2 nitrogen and oxygen atoms in total. The lowest BCUT2D eigenvalue weighted by molar-refractivity contribution is -0.0435. The van der Waals surface area contributed by atoms with Gasteiger partial charge in [-0.1, -0.05) is 6.58 Å². The van der Waals surface area contributed by atoms with Crippen LogP contribution in [0.15, 0.2) is 12.7 Å². The van der Waals surface area contributed by atoms with Crippen molar-refractivity contribution in [1.29, 1.82) is 0 Å². The number of piperidine rings is 1. The third kappa shape index (κ3) is 3.54. The molecule has 0 saturated carbocycles. The molecule has 0 spiro atoms. The highest BCUT2D eigenvalue weighted by atomic mass is 16.5. The van der Waals surface area contributed by atoms with Gasteiger partial charge in [0.1, 0.15) is 6.61 Å². The van der Waals surface area contributed by atoms with Gasteiger partial charge in [-0.2, -0.15) is 0 Å². The van der Waals surface area contributed by atoms with E-state index in [2.05, 4.69) is 16.6 Å². The molecule has 0 aromatic carbocycles. The average Bonchev–Trinajstić information content (AvgIpc) is 2.07. The van der Waals surface area contributed by atoms with Crippen LogP contribution in [0.4, 0.5) is 0 Å². The highest BCUT2D eigenvalue weighted by molar-refractivity contribution is 4.69. The zero-order chi connectivity index (χ0) is 7.94. The van der Waals surface area contributed by atoms with Gasteiger partial charge in [-0.15, -0.1) is 0 Å². The minimum absolute atomic E-state index is 0.781. The summed E-state index contributed by atoms with van der Waals surface area (Å²) in [5, 5.41) is 3.38. The third-order valence-corrected chi connectivity index (χ3v) is 2.04. The number of hydrogen-bond acceptors (Lipinski definition) is 1. The highest BCUT2D eigenvalue weighted by Gasteiger charge is 2.14. The molecule has 64 valence electrons. The molecule has 0 amide bonds. The van der Waals surface area contributed by atoms with Gasteiger partial charge in [-0.3, -0.25) is 0 Å². The lowest BCUT2D eigenvalue weighted by Gasteiger charge is -2.19. The number of nitrogens with one attached hydrogen (secondary N) is 1. The Bertz CT molecular complexity index is 108. The molecular weight excluding hydrogens is 138 g/mol. The van der Waals surface area contributed by atoms with Crippen molar-refractivity contribution in [3.05, 3.63) is 12.7 Å². The van der Waals surface area contributed by atoms with Gasteiger partial charge in [0.05, 0.1) is 0 Å². The topological polar surface area (TPSA) is 24.8 Å². The number of ether oxygens (including phenoxy) is 1. The van der Waals surface area contributed by atoms with E-state index in [9.17, 15) is 0 Å². The molecule has 1 unspecified atom stereocenters. The molecule has 1 aliphatic rings. The van der Waals surface area contributed by atoms with Crippen LogP contribution in [-0.4, -0.2) is 31.0 Å². The Morgan fingerprint density at radius 2 is 2.55 bits per heavy atom. The van der Waals surface area contributed by atoms with E-state index in [1.807, 2.05) is 6.08 Å². The zero-order valence-electron chi connectivity index (χ0n) is 7.05. The van der Waals surface area contributed by atoms with Crippen LogP contribution < -0.4 is 5.32 Å². The Labute approximate surface area is 68.6 Å². The summed E-state index contributed by atoms with van der Waals surface area (Å²) < 4.78 is 4.36. The van der Waals surface area contributed by atoms with Gasteiger partial charge in [0.2, 0.25) is 0 Å². The largest absolute Gasteiger partial charge is 0.430 e. The van der Waals surface area contributed by atoms with Crippen LogP contribution in [0, 0.1) is 5.92 Å². The van der Waals surface area contributed by atoms with Gasteiger partial charge in [-0.25, -0.2) is 0 Å². The summed E-state index contributed by atoms with van der Waals surface area (Å²) >= 11 is 0. The second-order valence-corrected chi connectivity index (χ2v) is 3.09. The van der Waals surface area contributed by atoms with Crippen LogP contribution in [0.3, 0.4) is 0 Å². The summed E-state index contributed by atoms with van der Waals surface area (Å²) in [5.74, 6) is 0.781. The quantitative estimate of drug-likeness (QED) is 0.362. The normalized spacial score (nSPS) is 24.9. The van der Waals surface area contributed by atoms with Crippen molar-refractivity contribution < 1.29 is 4.74 Å². The van der Waals surface area contributed by atoms with Crippen molar-refractivity contribution in [3.8, 4) is 0 Å². The van der Waals surface area contributed by atoms with Crippen molar-refractivity contribution in [2.75, 3.05) is 26.3 Å². The molecule has 2 heteroatoms. The van der Waals surface area contributed by atoms with Gasteiger partial charge < -0.3 is 10.1 Å². The van der Waals surface area contributed by atoms with E-state index in [4.69, 9.17) is 0 Å². The van der Waals surface area contributed by atoms with Crippen LogP contribution in [0.25, 0.3) is 0 Å². The van der Waals surface area contributed by atoms with Crippen molar-refractivity contribution in [2.45, 2.75) is 12.8 Å². The summed E-state index contributed by atoms with van der Waals surface area (Å²) in [6, 6.07) is 0. The van der Waals surface area contributed by atoms with Gasteiger partial charge in [0, 0.05) is 12.5 Å². The van der Waals surface area contributed by atoms with E-state index >= 15 is 0 Å². The van der Waals surface area contributed by atoms with Crippen LogP contribution in [0.1, 0.15) is 12.8 Å². The summed E-state index contributed by atoms with van der Waals surface area (Å²) in [5.41, 5.74) is 0. The molecule has 2 N–H and O–H groups in total. The van der Waals surface area contributed by atoms with Gasteiger partial charge in [0.15, 0.2) is 6.61 Å². The van der Waals surface area contributed by atoms with E-state index < -0.39 is 0 Å². The van der Waals surface area contributed by atoms with E-state index in [0.717, 1.165) is 25.7 Å². The predicted molar refractivity (Wildman–Crippen MR) is 47.7 cm³/mol. The Morgan fingerprint density at radius 1 is 1.64 bits per heavy atom. The second-order valence-electron chi connectivity index (χ2n) is 3.09. The minimum Gasteiger partial charge on any atom is -0.430 e. The highest BCUT2D eigenvalue weighted by Crippen LogP contribution is 2.08. The fourth-order valence-electron chi connectivity index (χ4n) is 1.43. The summed E-state index contributed by atoms with van der Waals surface area (Å²) in [7, 11) is 0. The second kappa shape index (κ2) is 5.33. The maximum Gasteiger partial charge on any atom is 0.163 e. The first-order chi connectivity index (χ1) is 5.43. The zero-order valence-corrected chi connectivity index (χ0v) is 7.05. The lowest BCUT2D eigenvalue weighted by atomic mass is 10.0. The maximum absolute atomic E-state index is 4.36. The molecule has 0 aromatic rings. The van der Waals surface area contributed by atoms with Crippen LogP contribution in [0.5, 0.6) is 0 Å². The number of aliphatic hydroxyl groups is 2. The van der Waals surface area contributed by atoms with Gasteiger partial charge >= 0.3 is 0 Å². The SMILES string of the molecule is C=CC[OH+]CC1CCCNC1. The Hall–Kier alpha value is -0.340. The van der Waals surface area contributed by atoms with Crippen LogP contribution in [-0.2, 0) is 0 Å². The predicted octanol–water partition coefficient (Wildman–Crippen LogP) is 0.700. The van der Waals surface area contributed by atoms with E-state index in [1.165, 1.54) is 19.4 Å². The fraction of sp³-hybridized carbons (Fsp3) is 0.778. The van der Waals surface area contributed by atoms with Crippen molar-refractivity contribution in [1.82, 2.24) is 5.32 Å². The molecule has 11 heavy (non-hydrogen) atoms. The molecular formula is C9H18NO+. The fourth-order valence-corrected chi connectivity index (χ4v) is 1.43. The Morgan fingerprint density at radius 3 is 3.18 bits per heavy atom. The van der Waals surface area contributed by atoms with Crippen molar-refractivity contribution in [2.24, 2.45) is 5.92 Å². The summed E-state index contributed by atoms with van der Waals surface area (Å²) in [4.78, 5) is 0. The van der Waals surface area contributed by atoms with E-state index in [-0.39, 0.29) is 0 Å². The van der Waals surface area contributed by atoms with Crippen LogP contribution >= 0.6 is 0 Å². The first kappa shape index (κ1) is 8.75. The van der Waals surface area contributed by atoms with Crippen molar-refractivity contribution in [3.63, 3.8) is 0 Å². The molecule has 0 radical (unpaired) electrons. The van der Waals surface area contributed by atoms with Gasteiger partial charge in [-0.05, 0) is 25.5 Å². The van der Waals surface area contributed by atoms with Crippen LogP contribution in [0.2, 0.25) is 0 Å². The monoisotopic (exact) mass is 156 g/mol. The smallest absolute Gasteiger partial charge is 0.163 e. The first-order valence-corrected chi connectivity index (χ1v) is 4.38. The van der Waals surface area contributed by atoms with Gasteiger partial charge in [0.25, 0.3) is 0 Å². The summed E-state index contributed by atoms with van der Waals surface area (Å²) in [6.45, 7) is 7.81. The van der Waals surface area contributed by atoms with Crippen molar-refractivity contribution >= 4 is 0 Å². The minimum atomic E-state index is 0.781. The standard InChI is InChI=1S/C9H17NO/c1-2-6-11-8-9-4-3-5-10-7-9/h2,9-10H,1,3-8H2/p+1. The number of hydrogen-bond donors (Lipinski definition) is 1. The van der Waals surface area contributed by atoms with E-state index in [0.29, 0.717) is 0 Å². The first-order valence-electron chi connectivity index (χ1n) is 4.38. The number of rotatable bonds is 4. The maximum atomic E-state index is 4.36. The molecule has 1 aliphatic heterocycles. The Kier molecular flexibility index (Phi) is 4.24. The molecule has 1 rings (SSSR count). The molecule has 1 saturated heterocycles. The lowest BCUT2D eigenvalue weighted by Crippen LogP contribution is -2.33.